The predicted molar refractivity (Wildman–Crippen MR) is 98.6 cm³/mol. The molecule has 0 saturated carbocycles. The Balaban J connectivity index is 1.49. The lowest BCUT2D eigenvalue weighted by atomic mass is 10.2. The first-order chi connectivity index (χ1) is 11.3. The molecule has 3 aromatic rings. The summed E-state index contributed by atoms with van der Waals surface area (Å²) in [6.07, 6.45) is 2.78. The van der Waals surface area contributed by atoms with E-state index in [0.29, 0.717) is 0 Å². The first kappa shape index (κ1) is 15.1. The third kappa shape index (κ3) is 3.11. The number of rotatable bonds is 4. The smallest absolute Gasteiger partial charge is 0.140 e. The third-order valence-corrected chi connectivity index (χ3v) is 6.39. The molecule has 1 aliphatic heterocycles. The Labute approximate surface area is 144 Å². The standard InChI is InChI=1S/C17H20N4S2/c1-2-13-10-15-16(18-12-19-17(15)23-13)21-7-5-20(6-8-21)11-14-4-3-9-22-14/h3-4,9-10,12H,2,5-8,11H2,1H3. The van der Waals surface area contributed by atoms with Crippen LogP contribution in [0.5, 0.6) is 0 Å². The van der Waals surface area contributed by atoms with Gasteiger partial charge in [0.1, 0.15) is 17.0 Å². The summed E-state index contributed by atoms with van der Waals surface area (Å²) in [5.41, 5.74) is 0. The first-order valence-corrected chi connectivity index (χ1v) is 9.76. The van der Waals surface area contributed by atoms with Crippen molar-refractivity contribution in [1.29, 1.82) is 0 Å². The molecule has 6 heteroatoms. The second kappa shape index (κ2) is 6.55. The van der Waals surface area contributed by atoms with E-state index in [0.717, 1.165) is 49.8 Å². The average Bonchev–Trinajstić information content (AvgIpc) is 3.24. The number of anilines is 1. The molecule has 23 heavy (non-hydrogen) atoms. The Morgan fingerprint density at radius 3 is 2.74 bits per heavy atom. The third-order valence-electron chi connectivity index (χ3n) is 4.34. The highest BCUT2D eigenvalue weighted by molar-refractivity contribution is 7.18. The topological polar surface area (TPSA) is 32.3 Å². The molecule has 0 unspecified atom stereocenters. The van der Waals surface area contributed by atoms with Gasteiger partial charge in [0.25, 0.3) is 0 Å². The number of thiophene rings is 2. The molecular weight excluding hydrogens is 324 g/mol. The summed E-state index contributed by atoms with van der Waals surface area (Å²) < 4.78 is 0. The molecule has 4 nitrogen and oxygen atoms in total. The van der Waals surface area contributed by atoms with Crippen LogP contribution in [0.1, 0.15) is 16.7 Å². The van der Waals surface area contributed by atoms with Gasteiger partial charge < -0.3 is 4.90 Å². The molecule has 0 spiro atoms. The molecule has 0 N–H and O–H groups in total. The number of aryl methyl sites for hydroxylation is 1. The van der Waals surface area contributed by atoms with Crippen LogP contribution in [0.3, 0.4) is 0 Å². The number of aromatic nitrogens is 2. The Bertz CT molecular complexity index is 773. The van der Waals surface area contributed by atoms with E-state index in [4.69, 9.17) is 0 Å². The van der Waals surface area contributed by atoms with E-state index in [1.54, 1.807) is 17.7 Å². The zero-order chi connectivity index (χ0) is 15.6. The van der Waals surface area contributed by atoms with Crippen molar-refractivity contribution in [3.05, 3.63) is 39.7 Å². The molecule has 0 atom stereocenters. The number of hydrogen-bond acceptors (Lipinski definition) is 6. The van der Waals surface area contributed by atoms with E-state index in [1.807, 2.05) is 11.3 Å². The Morgan fingerprint density at radius 2 is 2.00 bits per heavy atom. The molecule has 0 radical (unpaired) electrons. The number of piperazine rings is 1. The van der Waals surface area contributed by atoms with Gasteiger partial charge in [0.05, 0.1) is 5.39 Å². The fraction of sp³-hybridized carbons (Fsp3) is 0.412. The van der Waals surface area contributed by atoms with Gasteiger partial charge in [0, 0.05) is 42.5 Å². The molecule has 120 valence electrons. The van der Waals surface area contributed by atoms with Crippen molar-refractivity contribution in [1.82, 2.24) is 14.9 Å². The summed E-state index contributed by atoms with van der Waals surface area (Å²) >= 11 is 3.64. The minimum absolute atomic E-state index is 1.04. The normalized spacial score (nSPS) is 16.3. The van der Waals surface area contributed by atoms with Crippen LogP contribution in [0.25, 0.3) is 10.2 Å². The van der Waals surface area contributed by atoms with Gasteiger partial charge in [-0.2, -0.15) is 0 Å². The lowest BCUT2D eigenvalue weighted by Gasteiger charge is -2.35. The Hall–Kier alpha value is -1.50. The van der Waals surface area contributed by atoms with Crippen LogP contribution in [0, 0.1) is 0 Å². The quantitative estimate of drug-likeness (QED) is 0.723. The average molecular weight is 345 g/mol. The Morgan fingerprint density at radius 1 is 1.13 bits per heavy atom. The molecule has 0 aromatic carbocycles. The molecule has 0 aliphatic carbocycles. The van der Waals surface area contributed by atoms with Crippen molar-refractivity contribution >= 4 is 38.7 Å². The highest BCUT2D eigenvalue weighted by Gasteiger charge is 2.21. The van der Waals surface area contributed by atoms with Gasteiger partial charge in [-0.3, -0.25) is 4.90 Å². The summed E-state index contributed by atoms with van der Waals surface area (Å²) in [6, 6.07) is 6.63. The number of nitrogens with zero attached hydrogens (tertiary/aromatic N) is 4. The largest absolute Gasteiger partial charge is 0.353 e. The van der Waals surface area contributed by atoms with Gasteiger partial charge >= 0.3 is 0 Å². The maximum Gasteiger partial charge on any atom is 0.140 e. The highest BCUT2D eigenvalue weighted by atomic mass is 32.1. The van der Waals surface area contributed by atoms with E-state index in [1.165, 1.54) is 15.1 Å². The molecule has 1 aliphatic rings. The summed E-state index contributed by atoms with van der Waals surface area (Å²) in [4.78, 5) is 17.9. The lowest BCUT2D eigenvalue weighted by Crippen LogP contribution is -2.46. The van der Waals surface area contributed by atoms with Crippen molar-refractivity contribution in [2.24, 2.45) is 0 Å². The Kier molecular flexibility index (Phi) is 4.29. The van der Waals surface area contributed by atoms with E-state index in [2.05, 4.69) is 50.3 Å². The summed E-state index contributed by atoms with van der Waals surface area (Å²) in [6.45, 7) is 7.52. The number of fused-ring (bicyclic) bond motifs is 1. The van der Waals surface area contributed by atoms with Crippen molar-refractivity contribution in [3.8, 4) is 0 Å². The minimum atomic E-state index is 1.04. The van der Waals surface area contributed by atoms with Crippen molar-refractivity contribution in [2.75, 3.05) is 31.1 Å². The van der Waals surface area contributed by atoms with Crippen LogP contribution in [0.15, 0.2) is 29.9 Å². The summed E-state index contributed by atoms with van der Waals surface area (Å²) in [5.74, 6) is 1.11. The van der Waals surface area contributed by atoms with Crippen LogP contribution in [-0.2, 0) is 13.0 Å². The predicted octanol–water partition coefficient (Wildman–Crippen LogP) is 3.64. The van der Waals surface area contributed by atoms with Gasteiger partial charge in [-0.1, -0.05) is 13.0 Å². The summed E-state index contributed by atoms with van der Waals surface area (Å²) in [7, 11) is 0. The van der Waals surface area contributed by atoms with Crippen LogP contribution >= 0.6 is 22.7 Å². The maximum absolute atomic E-state index is 4.58. The lowest BCUT2D eigenvalue weighted by molar-refractivity contribution is 0.251. The molecule has 1 fully saturated rings. The van der Waals surface area contributed by atoms with E-state index < -0.39 is 0 Å². The molecule has 4 rings (SSSR count). The summed E-state index contributed by atoms with van der Waals surface area (Å²) in [5, 5.41) is 3.38. The van der Waals surface area contributed by atoms with E-state index in [9.17, 15) is 0 Å². The molecule has 1 saturated heterocycles. The van der Waals surface area contributed by atoms with Crippen LogP contribution in [0.4, 0.5) is 5.82 Å². The van der Waals surface area contributed by atoms with Gasteiger partial charge in [0.15, 0.2) is 0 Å². The molecule has 3 aromatic heterocycles. The van der Waals surface area contributed by atoms with E-state index in [-0.39, 0.29) is 0 Å². The number of hydrogen-bond donors (Lipinski definition) is 0. The van der Waals surface area contributed by atoms with Gasteiger partial charge in [-0.05, 0) is 23.9 Å². The minimum Gasteiger partial charge on any atom is -0.353 e. The van der Waals surface area contributed by atoms with Gasteiger partial charge in [-0.25, -0.2) is 9.97 Å². The van der Waals surface area contributed by atoms with Crippen LogP contribution < -0.4 is 4.90 Å². The molecule has 0 bridgehead atoms. The molecule has 0 amide bonds. The van der Waals surface area contributed by atoms with Gasteiger partial charge in [-0.15, -0.1) is 22.7 Å². The molecular formula is C17H20N4S2. The monoisotopic (exact) mass is 344 g/mol. The van der Waals surface area contributed by atoms with Crippen molar-refractivity contribution in [3.63, 3.8) is 0 Å². The second-order valence-corrected chi connectivity index (χ2v) is 7.97. The fourth-order valence-corrected chi connectivity index (χ4v) is 4.74. The van der Waals surface area contributed by atoms with Crippen molar-refractivity contribution < 1.29 is 0 Å². The highest BCUT2D eigenvalue weighted by Crippen LogP contribution is 2.31. The van der Waals surface area contributed by atoms with Crippen molar-refractivity contribution in [2.45, 2.75) is 19.9 Å². The van der Waals surface area contributed by atoms with Crippen LogP contribution in [-0.4, -0.2) is 41.0 Å². The van der Waals surface area contributed by atoms with E-state index >= 15 is 0 Å². The SMILES string of the molecule is CCc1cc2c(N3CCN(Cc4cccs4)CC3)ncnc2s1. The van der Waals surface area contributed by atoms with Crippen LogP contribution in [0.2, 0.25) is 0 Å². The fourth-order valence-electron chi connectivity index (χ4n) is 3.06. The first-order valence-electron chi connectivity index (χ1n) is 8.06. The molecule has 4 heterocycles. The second-order valence-electron chi connectivity index (χ2n) is 5.82. The zero-order valence-corrected chi connectivity index (χ0v) is 14.9. The maximum atomic E-state index is 4.58. The zero-order valence-electron chi connectivity index (χ0n) is 13.2. The van der Waals surface area contributed by atoms with Gasteiger partial charge in [0.2, 0.25) is 0 Å².